The molecule has 1 aromatic rings. The summed E-state index contributed by atoms with van der Waals surface area (Å²) in [5, 5.41) is 2.60. The fourth-order valence-corrected chi connectivity index (χ4v) is 3.06. The fourth-order valence-electron chi connectivity index (χ4n) is 3.06. The number of esters is 1. The van der Waals surface area contributed by atoms with Crippen molar-refractivity contribution in [3.63, 3.8) is 0 Å². The minimum absolute atomic E-state index is 0.136. The molecule has 26 heavy (non-hydrogen) atoms. The third-order valence-electron chi connectivity index (χ3n) is 4.40. The molecule has 1 fully saturated rings. The van der Waals surface area contributed by atoms with E-state index in [1.165, 1.54) is 19.3 Å². The van der Waals surface area contributed by atoms with E-state index in [1.54, 1.807) is 18.2 Å². The van der Waals surface area contributed by atoms with Gasteiger partial charge in [0.1, 0.15) is 6.54 Å². The maximum Gasteiger partial charge on any atom is 0.325 e. The number of carbonyl (C=O) groups excluding carboxylic acids is 2. The lowest BCUT2D eigenvalue weighted by molar-refractivity contribution is -0.144. The van der Waals surface area contributed by atoms with E-state index < -0.39 is 5.97 Å². The van der Waals surface area contributed by atoms with Crippen molar-refractivity contribution in [2.45, 2.75) is 46.0 Å². The molecule has 0 heterocycles. The minimum Gasteiger partial charge on any atom is -0.490 e. The molecule has 0 aromatic heterocycles. The molecule has 1 amide bonds. The first-order valence-corrected chi connectivity index (χ1v) is 9.47. The predicted molar refractivity (Wildman–Crippen MR) is 98.6 cm³/mol. The molecular weight excluding hydrogens is 334 g/mol. The molecule has 0 bridgehead atoms. The van der Waals surface area contributed by atoms with Gasteiger partial charge in [-0.25, -0.2) is 0 Å². The van der Waals surface area contributed by atoms with E-state index in [9.17, 15) is 9.59 Å². The fraction of sp³-hybridized carbons (Fsp3) is 0.600. The second-order valence-corrected chi connectivity index (χ2v) is 6.40. The molecular formula is C20H29NO5. The molecule has 6 heteroatoms. The molecule has 2 rings (SSSR count). The van der Waals surface area contributed by atoms with E-state index >= 15 is 0 Å². The third kappa shape index (κ3) is 6.24. The first kappa shape index (κ1) is 20.1. The lowest BCUT2D eigenvalue weighted by Gasteiger charge is -2.21. The Morgan fingerprint density at radius 2 is 1.73 bits per heavy atom. The van der Waals surface area contributed by atoms with E-state index in [1.807, 2.05) is 13.8 Å². The quantitative estimate of drug-likeness (QED) is 0.681. The Kier molecular flexibility index (Phi) is 8.25. The molecule has 0 unspecified atom stereocenters. The van der Waals surface area contributed by atoms with Gasteiger partial charge in [-0.05, 0) is 50.8 Å². The van der Waals surface area contributed by atoms with Gasteiger partial charge in [0, 0.05) is 5.56 Å². The summed E-state index contributed by atoms with van der Waals surface area (Å²) in [5.41, 5.74) is 0.414. The Hall–Kier alpha value is -2.24. The van der Waals surface area contributed by atoms with Crippen LogP contribution in [-0.4, -0.2) is 38.2 Å². The first-order valence-electron chi connectivity index (χ1n) is 9.47. The van der Waals surface area contributed by atoms with Crippen molar-refractivity contribution in [1.29, 1.82) is 0 Å². The van der Waals surface area contributed by atoms with Crippen LogP contribution in [0.25, 0.3) is 0 Å². The van der Waals surface area contributed by atoms with Gasteiger partial charge in [0.15, 0.2) is 11.5 Å². The highest BCUT2D eigenvalue weighted by Gasteiger charge is 2.16. The van der Waals surface area contributed by atoms with Crippen LogP contribution in [0.3, 0.4) is 0 Å². The van der Waals surface area contributed by atoms with Crippen LogP contribution >= 0.6 is 0 Å². The van der Waals surface area contributed by atoms with Crippen molar-refractivity contribution in [1.82, 2.24) is 5.32 Å². The van der Waals surface area contributed by atoms with Crippen molar-refractivity contribution in [2.24, 2.45) is 5.92 Å². The zero-order chi connectivity index (χ0) is 18.8. The van der Waals surface area contributed by atoms with Crippen molar-refractivity contribution >= 4 is 11.9 Å². The number of hydrogen-bond acceptors (Lipinski definition) is 5. The molecule has 1 aromatic carbocycles. The Morgan fingerprint density at radius 3 is 2.42 bits per heavy atom. The van der Waals surface area contributed by atoms with Crippen LogP contribution in [0.4, 0.5) is 0 Å². The third-order valence-corrected chi connectivity index (χ3v) is 4.40. The average Bonchev–Trinajstić information content (AvgIpc) is 2.67. The Labute approximate surface area is 155 Å². The van der Waals surface area contributed by atoms with E-state index in [4.69, 9.17) is 14.2 Å². The summed E-state index contributed by atoms with van der Waals surface area (Å²) < 4.78 is 16.3. The summed E-state index contributed by atoms with van der Waals surface area (Å²) in [6, 6.07) is 4.97. The number of amides is 1. The zero-order valence-electron chi connectivity index (χ0n) is 15.7. The summed E-state index contributed by atoms with van der Waals surface area (Å²) in [7, 11) is 0. The highest BCUT2D eigenvalue weighted by Crippen LogP contribution is 2.28. The molecule has 1 aliphatic rings. The van der Waals surface area contributed by atoms with E-state index in [-0.39, 0.29) is 12.5 Å². The summed E-state index contributed by atoms with van der Waals surface area (Å²) in [4.78, 5) is 24.1. The molecule has 0 saturated heterocycles. The molecule has 6 nitrogen and oxygen atoms in total. The van der Waals surface area contributed by atoms with Crippen LogP contribution in [0.15, 0.2) is 18.2 Å². The molecule has 144 valence electrons. The van der Waals surface area contributed by atoms with Crippen molar-refractivity contribution in [3.8, 4) is 11.5 Å². The van der Waals surface area contributed by atoms with Crippen LogP contribution < -0.4 is 14.8 Å². The summed E-state index contributed by atoms with van der Waals surface area (Å²) in [5.74, 6) is 0.825. The summed E-state index contributed by atoms with van der Waals surface area (Å²) in [6.07, 6.45) is 5.92. The molecule has 0 radical (unpaired) electrons. The van der Waals surface area contributed by atoms with Gasteiger partial charge in [0.25, 0.3) is 5.91 Å². The van der Waals surface area contributed by atoms with Crippen LogP contribution in [0, 0.1) is 5.92 Å². The van der Waals surface area contributed by atoms with Gasteiger partial charge in [-0.1, -0.05) is 19.3 Å². The zero-order valence-corrected chi connectivity index (χ0v) is 15.7. The van der Waals surface area contributed by atoms with Crippen molar-refractivity contribution in [3.05, 3.63) is 23.8 Å². The number of ether oxygens (including phenoxy) is 3. The number of benzene rings is 1. The normalized spacial score (nSPS) is 14.5. The molecule has 0 spiro atoms. The van der Waals surface area contributed by atoms with Gasteiger partial charge >= 0.3 is 5.97 Å². The Balaban J connectivity index is 1.82. The van der Waals surface area contributed by atoms with E-state index in [0.717, 1.165) is 12.8 Å². The van der Waals surface area contributed by atoms with Gasteiger partial charge in [-0.15, -0.1) is 0 Å². The number of rotatable bonds is 9. The van der Waals surface area contributed by atoms with Crippen molar-refractivity contribution in [2.75, 3.05) is 26.4 Å². The smallest absolute Gasteiger partial charge is 0.325 e. The van der Waals surface area contributed by atoms with Gasteiger partial charge in [0.05, 0.1) is 19.8 Å². The van der Waals surface area contributed by atoms with Crippen LogP contribution in [0.5, 0.6) is 11.5 Å². The van der Waals surface area contributed by atoms with Crippen molar-refractivity contribution < 1.29 is 23.8 Å². The predicted octanol–water partition coefficient (Wildman–Crippen LogP) is 3.34. The topological polar surface area (TPSA) is 73.9 Å². The lowest BCUT2D eigenvalue weighted by atomic mass is 9.90. The largest absolute Gasteiger partial charge is 0.490 e. The summed E-state index contributed by atoms with van der Waals surface area (Å²) >= 11 is 0. The first-order chi connectivity index (χ1) is 12.6. The van der Waals surface area contributed by atoms with Gasteiger partial charge < -0.3 is 19.5 Å². The second kappa shape index (κ2) is 10.7. The SMILES string of the molecule is CCOc1ccc(C(=O)NCC(=O)OCC2CCCCC2)cc1OCC. The van der Waals surface area contributed by atoms with Crippen LogP contribution in [-0.2, 0) is 9.53 Å². The highest BCUT2D eigenvalue weighted by molar-refractivity contribution is 5.96. The van der Waals surface area contributed by atoms with Crippen LogP contribution in [0.1, 0.15) is 56.3 Å². The number of nitrogens with one attached hydrogen (secondary N) is 1. The van der Waals surface area contributed by atoms with E-state index in [2.05, 4.69) is 5.32 Å². The minimum atomic E-state index is -0.403. The molecule has 0 aliphatic heterocycles. The molecule has 1 N–H and O–H groups in total. The standard InChI is InChI=1S/C20H29NO5/c1-3-24-17-11-10-16(12-18(17)25-4-2)20(23)21-13-19(22)26-14-15-8-6-5-7-9-15/h10-12,15H,3-9,13-14H2,1-2H3,(H,21,23). The summed E-state index contributed by atoms with van der Waals surface area (Å²) in [6.45, 7) is 5.05. The number of carbonyl (C=O) groups is 2. The Morgan fingerprint density at radius 1 is 1.04 bits per heavy atom. The van der Waals surface area contributed by atoms with Gasteiger partial charge in [0.2, 0.25) is 0 Å². The maximum atomic E-state index is 12.3. The maximum absolute atomic E-state index is 12.3. The molecule has 1 aliphatic carbocycles. The second-order valence-electron chi connectivity index (χ2n) is 6.40. The Bertz CT molecular complexity index is 596. The molecule has 0 atom stereocenters. The van der Waals surface area contributed by atoms with E-state index in [0.29, 0.717) is 42.8 Å². The average molecular weight is 363 g/mol. The highest BCUT2D eigenvalue weighted by atomic mass is 16.5. The van der Waals surface area contributed by atoms with Crippen LogP contribution in [0.2, 0.25) is 0 Å². The monoisotopic (exact) mass is 363 g/mol. The lowest BCUT2D eigenvalue weighted by Crippen LogP contribution is -2.31. The number of hydrogen-bond donors (Lipinski definition) is 1. The van der Waals surface area contributed by atoms with Gasteiger partial charge in [-0.3, -0.25) is 9.59 Å². The van der Waals surface area contributed by atoms with Gasteiger partial charge in [-0.2, -0.15) is 0 Å². The molecule has 1 saturated carbocycles.